The predicted molar refractivity (Wildman–Crippen MR) is 102 cm³/mol. The van der Waals surface area contributed by atoms with Crippen molar-refractivity contribution < 1.29 is 19.0 Å². The molecule has 0 unspecified atom stereocenters. The van der Waals surface area contributed by atoms with E-state index in [1.54, 1.807) is 23.0 Å². The molecule has 2 aromatic rings. The van der Waals surface area contributed by atoms with Gasteiger partial charge in [-0.15, -0.1) is 0 Å². The van der Waals surface area contributed by atoms with Crippen LogP contribution in [0.25, 0.3) is 0 Å². The van der Waals surface area contributed by atoms with Gasteiger partial charge in [0.1, 0.15) is 18.2 Å². The second kappa shape index (κ2) is 9.66. The maximum absolute atomic E-state index is 13.1. The van der Waals surface area contributed by atoms with E-state index in [0.717, 1.165) is 24.9 Å². The highest BCUT2D eigenvalue weighted by Crippen LogP contribution is 2.26. The third-order valence-corrected chi connectivity index (χ3v) is 4.94. The summed E-state index contributed by atoms with van der Waals surface area (Å²) in [6, 6.07) is 6.09. The van der Waals surface area contributed by atoms with Crippen molar-refractivity contribution in [1.29, 1.82) is 0 Å². The lowest BCUT2D eigenvalue weighted by Gasteiger charge is -2.25. The van der Waals surface area contributed by atoms with Crippen molar-refractivity contribution in [3.05, 3.63) is 48.0 Å². The Morgan fingerprint density at radius 1 is 1.50 bits per heavy atom. The van der Waals surface area contributed by atoms with E-state index in [2.05, 4.69) is 15.3 Å². The number of aliphatic hydroxyl groups is 1. The Labute approximate surface area is 164 Å². The average Bonchev–Trinajstić information content (AvgIpc) is 3.28. The van der Waals surface area contributed by atoms with Crippen molar-refractivity contribution in [2.45, 2.75) is 31.4 Å². The fourth-order valence-electron chi connectivity index (χ4n) is 3.53. The molecule has 0 spiro atoms. The first-order valence-corrected chi connectivity index (χ1v) is 9.57. The molecule has 2 atom stereocenters. The summed E-state index contributed by atoms with van der Waals surface area (Å²) in [5.41, 5.74) is 0.799. The summed E-state index contributed by atoms with van der Waals surface area (Å²) < 4.78 is 20.2. The van der Waals surface area contributed by atoms with Crippen molar-refractivity contribution >= 4 is 5.91 Å². The standard InChI is InChI=1S/C20H27FN4O3/c1-24-13-15(12-23-24)19(26)11-17-5-3-8-25(17)14-20(27)22-7-9-28-18-6-2-4-16(21)10-18/h2,4,6,10,12-13,17,19,26H,3,5,7-9,11,14H2,1H3,(H,22,27)/t17-,19+/m1/s1. The summed E-state index contributed by atoms with van der Waals surface area (Å²) in [5.74, 6) is 0.0129. The van der Waals surface area contributed by atoms with E-state index in [4.69, 9.17) is 4.74 Å². The lowest BCUT2D eigenvalue weighted by Crippen LogP contribution is -2.41. The number of rotatable bonds is 9. The number of nitrogens with one attached hydrogen (secondary N) is 1. The number of amides is 1. The molecule has 8 heteroatoms. The number of hydrogen-bond acceptors (Lipinski definition) is 5. The average molecular weight is 390 g/mol. The number of hydrogen-bond donors (Lipinski definition) is 2. The van der Waals surface area contributed by atoms with Crippen molar-refractivity contribution in [3.8, 4) is 5.75 Å². The molecule has 1 aromatic carbocycles. The third-order valence-electron chi connectivity index (χ3n) is 4.94. The molecule has 1 saturated heterocycles. The lowest BCUT2D eigenvalue weighted by atomic mass is 10.0. The van der Waals surface area contributed by atoms with Crippen LogP contribution in [-0.4, -0.2) is 58.0 Å². The van der Waals surface area contributed by atoms with Gasteiger partial charge in [0.15, 0.2) is 0 Å². The second-order valence-corrected chi connectivity index (χ2v) is 7.12. The van der Waals surface area contributed by atoms with E-state index in [-0.39, 0.29) is 24.4 Å². The van der Waals surface area contributed by atoms with Gasteiger partial charge in [0, 0.05) is 30.9 Å². The molecule has 1 fully saturated rings. The minimum absolute atomic E-state index is 0.0781. The molecule has 1 amide bonds. The first-order valence-electron chi connectivity index (χ1n) is 9.57. The smallest absolute Gasteiger partial charge is 0.234 e. The predicted octanol–water partition coefficient (Wildman–Crippen LogP) is 1.64. The zero-order valence-corrected chi connectivity index (χ0v) is 16.1. The van der Waals surface area contributed by atoms with E-state index in [1.807, 2.05) is 13.2 Å². The molecule has 1 aliphatic heterocycles. The zero-order valence-electron chi connectivity index (χ0n) is 16.1. The molecule has 152 valence electrons. The molecule has 1 aromatic heterocycles. The molecule has 3 rings (SSSR count). The van der Waals surface area contributed by atoms with E-state index in [0.29, 0.717) is 25.3 Å². The highest BCUT2D eigenvalue weighted by molar-refractivity contribution is 5.78. The lowest BCUT2D eigenvalue weighted by molar-refractivity contribution is -0.122. The molecule has 28 heavy (non-hydrogen) atoms. The van der Waals surface area contributed by atoms with Crippen LogP contribution in [0.1, 0.15) is 30.9 Å². The van der Waals surface area contributed by atoms with Crippen LogP contribution in [0.4, 0.5) is 4.39 Å². The molecule has 0 radical (unpaired) electrons. The Morgan fingerprint density at radius 3 is 3.11 bits per heavy atom. The van der Waals surface area contributed by atoms with Crippen LogP contribution in [0.5, 0.6) is 5.75 Å². The Kier molecular flexibility index (Phi) is 7.00. The zero-order chi connectivity index (χ0) is 19.9. The Morgan fingerprint density at radius 2 is 2.36 bits per heavy atom. The normalized spacial score (nSPS) is 18.2. The topological polar surface area (TPSA) is 79.6 Å². The SMILES string of the molecule is Cn1cc([C@@H](O)C[C@H]2CCCN2CC(=O)NCCOc2cccc(F)c2)cn1. The Hall–Kier alpha value is -2.45. The molecule has 0 saturated carbocycles. The number of carbonyl (C=O) groups excluding carboxylic acids is 1. The van der Waals surface area contributed by atoms with Crippen LogP contribution < -0.4 is 10.1 Å². The van der Waals surface area contributed by atoms with Gasteiger partial charge in [0.2, 0.25) is 5.91 Å². The van der Waals surface area contributed by atoms with E-state index in [9.17, 15) is 14.3 Å². The third kappa shape index (κ3) is 5.77. The monoisotopic (exact) mass is 390 g/mol. The van der Waals surface area contributed by atoms with Crippen molar-refractivity contribution in [3.63, 3.8) is 0 Å². The summed E-state index contributed by atoms with van der Waals surface area (Å²) in [4.78, 5) is 14.3. The Balaban J connectivity index is 1.39. The van der Waals surface area contributed by atoms with Crippen LogP contribution in [0, 0.1) is 5.82 Å². The molecular formula is C20H27FN4O3. The number of benzene rings is 1. The number of aliphatic hydroxyl groups excluding tert-OH is 1. The fourth-order valence-corrected chi connectivity index (χ4v) is 3.53. The maximum atomic E-state index is 13.1. The van der Waals surface area contributed by atoms with Gasteiger partial charge in [-0.2, -0.15) is 5.10 Å². The highest BCUT2D eigenvalue weighted by Gasteiger charge is 2.28. The van der Waals surface area contributed by atoms with Crippen LogP contribution in [0.3, 0.4) is 0 Å². The van der Waals surface area contributed by atoms with E-state index >= 15 is 0 Å². The molecule has 2 N–H and O–H groups in total. The van der Waals surface area contributed by atoms with Crippen LogP contribution in [0.2, 0.25) is 0 Å². The number of aromatic nitrogens is 2. The molecular weight excluding hydrogens is 363 g/mol. The van der Waals surface area contributed by atoms with Gasteiger partial charge in [-0.25, -0.2) is 4.39 Å². The number of nitrogens with zero attached hydrogens (tertiary/aromatic N) is 3. The van der Waals surface area contributed by atoms with Crippen LogP contribution in [-0.2, 0) is 11.8 Å². The van der Waals surface area contributed by atoms with Crippen molar-refractivity contribution in [2.75, 3.05) is 26.2 Å². The Bertz CT molecular complexity index is 782. The van der Waals surface area contributed by atoms with Crippen molar-refractivity contribution in [2.24, 2.45) is 7.05 Å². The summed E-state index contributed by atoms with van der Waals surface area (Å²) >= 11 is 0. The van der Waals surface area contributed by atoms with Gasteiger partial charge in [0.05, 0.1) is 25.4 Å². The summed E-state index contributed by atoms with van der Waals surface area (Å²) in [6.45, 7) is 1.77. The summed E-state index contributed by atoms with van der Waals surface area (Å²) in [6.07, 6.45) is 5.47. The molecule has 1 aliphatic rings. The minimum atomic E-state index is -0.581. The van der Waals surface area contributed by atoms with Gasteiger partial charge in [-0.05, 0) is 37.9 Å². The van der Waals surface area contributed by atoms with E-state index < -0.39 is 6.10 Å². The van der Waals surface area contributed by atoms with Gasteiger partial charge in [-0.1, -0.05) is 6.07 Å². The molecule has 0 aliphatic carbocycles. The molecule has 2 heterocycles. The first-order chi connectivity index (χ1) is 13.5. The van der Waals surface area contributed by atoms with E-state index in [1.165, 1.54) is 12.1 Å². The van der Waals surface area contributed by atoms with Crippen LogP contribution in [0.15, 0.2) is 36.7 Å². The van der Waals surface area contributed by atoms with Gasteiger partial charge >= 0.3 is 0 Å². The van der Waals surface area contributed by atoms with Crippen molar-refractivity contribution in [1.82, 2.24) is 20.0 Å². The number of halogens is 1. The number of likely N-dealkylation sites (tertiary alicyclic amines) is 1. The van der Waals surface area contributed by atoms with Gasteiger partial charge in [0.25, 0.3) is 0 Å². The number of carbonyl (C=O) groups is 1. The van der Waals surface area contributed by atoms with Gasteiger partial charge < -0.3 is 15.2 Å². The minimum Gasteiger partial charge on any atom is -0.492 e. The molecule has 7 nitrogen and oxygen atoms in total. The largest absolute Gasteiger partial charge is 0.492 e. The fraction of sp³-hybridized carbons (Fsp3) is 0.500. The molecule has 0 bridgehead atoms. The first kappa shape index (κ1) is 20.3. The second-order valence-electron chi connectivity index (χ2n) is 7.12. The quantitative estimate of drug-likeness (QED) is 0.637. The summed E-state index contributed by atoms with van der Waals surface area (Å²) in [5, 5.41) is 17.3. The number of aryl methyl sites for hydroxylation is 1. The number of ether oxygens (including phenoxy) is 1. The maximum Gasteiger partial charge on any atom is 0.234 e. The summed E-state index contributed by atoms with van der Waals surface area (Å²) in [7, 11) is 1.82. The van der Waals surface area contributed by atoms with Crippen LogP contribution >= 0.6 is 0 Å². The van der Waals surface area contributed by atoms with Gasteiger partial charge in [-0.3, -0.25) is 14.4 Å². The highest BCUT2D eigenvalue weighted by atomic mass is 19.1.